The molecule has 0 saturated carbocycles. The minimum atomic E-state index is -0.828. The third-order valence-electron chi connectivity index (χ3n) is 4.13. The number of nitrogens with zero attached hydrogens (tertiary/aromatic N) is 1. The lowest BCUT2D eigenvalue weighted by molar-refractivity contribution is -0.139. The van der Waals surface area contributed by atoms with Crippen molar-refractivity contribution in [1.29, 1.82) is 0 Å². The normalized spacial score (nSPS) is 11.6. The van der Waals surface area contributed by atoms with Crippen molar-refractivity contribution in [2.24, 2.45) is 5.10 Å². The van der Waals surface area contributed by atoms with E-state index in [-0.39, 0.29) is 18.6 Å². The topological polar surface area (TPSA) is 109 Å². The van der Waals surface area contributed by atoms with Crippen molar-refractivity contribution in [3.05, 3.63) is 59.7 Å². The summed E-state index contributed by atoms with van der Waals surface area (Å²) in [6.07, 6.45) is 2.13. The number of carbonyl (C=O) groups is 3. The van der Waals surface area contributed by atoms with E-state index in [1.54, 1.807) is 24.3 Å². The average Bonchev–Trinajstić information content (AvgIpc) is 2.73. The highest BCUT2D eigenvalue weighted by molar-refractivity contribution is 6.35. The van der Waals surface area contributed by atoms with E-state index in [9.17, 15) is 14.4 Å². The molecule has 0 unspecified atom stereocenters. The number of benzene rings is 2. The van der Waals surface area contributed by atoms with Crippen molar-refractivity contribution < 1.29 is 19.1 Å². The molecular formula is C22H26N4O4. The summed E-state index contributed by atoms with van der Waals surface area (Å²) in [6, 6.07) is 14.2. The van der Waals surface area contributed by atoms with Crippen LogP contribution < -0.4 is 20.8 Å². The summed E-state index contributed by atoms with van der Waals surface area (Å²) in [7, 11) is 0. The predicted molar refractivity (Wildman–Crippen MR) is 115 cm³/mol. The predicted octanol–water partition coefficient (Wildman–Crippen LogP) is 2.38. The van der Waals surface area contributed by atoms with Crippen LogP contribution in [0.4, 0.5) is 5.69 Å². The van der Waals surface area contributed by atoms with E-state index in [1.807, 2.05) is 45.0 Å². The number of carbonyl (C=O) groups excluding carboxylic acids is 3. The van der Waals surface area contributed by atoms with Gasteiger partial charge in [0, 0.05) is 11.7 Å². The standard InChI is InChI=1S/C22H26N4O4/c1-4-16(3)24-21(28)22(29)26-23-13-17-8-10-19(11-9-17)30-14-20(27)25-18-7-5-6-15(2)12-18/h5-13,16H,4,14H2,1-3H3,(H,24,28)(H,25,27)(H,26,29)/b23-13-/t16-/m1/s1. The summed E-state index contributed by atoms with van der Waals surface area (Å²) < 4.78 is 5.47. The molecule has 1 atom stereocenters. The number of rotatable bonds is 8. The molecule has 8 heteroatoms. The molecule has 0 saturated heterocycles. The monoisotopic (exact) mass is 410 g/mol. The lowest BCUT2D eigenvalue weighted by Gasteiger charge is -2.09. The van der Waals surface area contributed by atoms with Crippen LogP contribution in [0.25, 0.3) is 0 Å². The first kappa shape index (κ1) is 22.6. The molecule has 0 fully saturated rings. The maximum atomic E-state index is 12.0. The van der Waals surface area contributed by atoms with Gasteiger partial charge in [0.1, 0.15) is 5.75 Å². The Morgan fingerprint density at radius 2 is 1.83 bits per heavy atom. The fraction of sp³-hybridized carbons (Fsp3) is 0.273. The molecule has 0 bridgehead atoms. The van der Waals surface area contributed by atoms with Crippen LogP contribution in [0.15, 0.2) is 53.6 Å². The Bertz CT molecular complexity index is 910. The minimum Gasteiger partial charge on any atom is -0.484 e. The van der Waals surface area contributed by atoms with Gasteiger partial charge < -0.3 is 15.4 Å². The second-order valence-corrected chi connectivity index (χ2v) is 6.76. The van der Waals surface area contributed by atoms with Gasteiger partial charge in [0.25, 0.3) is 5.91 Å². The molecule has 0 aliphatic carbocycles. The smallest absolute Gasteiger partial charge is 0.329 e. The number of hydrazone groups is 1. The largest absolute Gasteiger partial charge is 0.484 e. The Hall–Kier alpha value is -3.68. The van der Waals surface area contributed by atoms with E-state index in [0.717, 1.165) is 17.7 Å². The summed E-state index contributed by atoms with van der Waals surface area (Å²) in [5, 5.41) is 9.08. The second-order valence-electron chi connectivity index (χ2n) is 6.76. The van der Waals surface area contributed by atoms with E-state index in [1.165, 1.54) is 6.21 Å². The molecular weight excluding hydrogens is 384 g/mol. The van der Waals surface area contributed by atoms with Crippen LogP contribution in [0, 0.1) is 6.92 Å². The zero-order chi connectivity index (χ0) is 21.9. The van der Waals surface area contributed by atoms with Gasteiger partial charge in [-0.05, 0) is 67.8 Å². The van der Waals surface area contributed by atoms with Gasteiger partial charge in [-0.1, -0.05) is 19.1 Å². The van der Waals surface area contributed by atoms with Crippen LogP contribution in [0.2, 0.25) is 0 Å². The van der Waals surface area contributed by atoms with Crippen molar-refractivity contribution in [2.75, 3.05) is 11.9 Å². The van der Waals surface area contributed by atoms with Crippen LogP contribution in [-0.2, 0) is 14.4 Å². The number of hydrogen-bond donors (Lipinski definition) is 3. The molecule has 0 aromatic heterocycles. The van der Waals surface area contributed by atoms with Crippen LogP contribution >= 0.6 is 0 Å². The number of aryl methyl sites for hydroxylation is 1. The molecule has 0 spiro atoms. The molecule has 3 amide bonds. The Balaban J connectivity index is 1.77. The van der Waals surface area contributed by atoms with Gasteiger partial charge in [0.05, 0.1) is 6.21 Å². The highest BCUT2D eigenvalue weighted by atomic mass is 16.5. The van der Waals surface area contributed by atoms with Crippen LogP contribution in [0.1, 0.15) is 31.4 Å². The molecule has 158 valence electrons. The molecule has 0 radical (unpaired) electrons. The van der Waals surface area contributed by atoms with Crippen LogP contribution in [0.5, 0.6) is 5.75 Å². The van der Waals surface area contributed by atoms with Crippen molar-refractivity contribution in [1.82, 2.24) is 10.7 Å². The highest BCUT2D eigenvalue weighted by Crippen LogP contribution is 2.12. The van der Waals surface area contributed by atoms with Gasteiger partial charge >= 0.3 is 11.8 Å². The maximum absolute atomic E-state index is 12.0. The zero-order valence-electron chi connectivity index (χ0n) is 17.3. The summed E-state index contributed by atoms with van der Waals surface area (Å²) in [5.74, 6) is -1.30. The zero-order valence-corrected chi connectivity index (χ0v) is 17.3. The van der Waals surface area contributed by atoms with Gasteiger partial charge in [0.15, 0.2) is 6.61 Å². The number of ether oxygens (including phenoxy) is 1. The molecule has 30 heavy (non-hydrogen) atoms. The number of hydrogen-bond acceptors (Lipinski definition) is 5. The Kier molecular flexibility index (Phi) is 8.56. The summed E-state index contributed by atoms with van der Waals surface area (Å²) in [5.41, 5.74) is 4.64. The molecule has 0 heterocycles. The third kappa shape index (κ3) is 7.75. The molecule has 0 aliphatic heterocycles. The van der Waals surface area contributed by atoms with Crippen LogP contribution in [0.3, 0.4) is 0 Å². The van der Waals surface area contributed by atoms with Gasteiger partial charge in [0.2, 0.25) is 0 Å². The molecule has 2 rings (SSSR count). The molecule has 2 aromatic carbocycles. The SMILES string of the molecule is CC[C@@H](C)NC(=O)C(=O)N/N=C\c1ccc(OCC(=O)Nc2cccc(C)c2)cc1. The average molecular weight is 410 g/mol. The van der Waals surface area contributed by atoms with Gasteiger partial charge in [-0.3, -0.25) is 14.4 Å². The molecule has 2 aromatic rings. The van der Waals surface area contributed by atoms with Crippen molar-refractivity contribution >= 4 is 29.6 Å². The lowest BCUT2D eigenvalue weighted by Crippen LogP contribution is -2.41. The Morgan fingerprint density at radius 3 is 2.50 bits per heavy atom. The first-order valence-corrected chi connectivity index (χ1v) is 9.60. The molecule has 0 aliphatic rings. The fourth-order valence-corrected chi connectivity index (χ4v) is 2.33. The van der Waals surface area contributed by atoms with Gasteiger partial charge in [-0.25, -0.2) is 5.43 Å². The van der Waals surface area contributed by atoms with Crippen LogP contribution in [-0.4, -0.2) is 36.6 Å². The summed E-state index contributed by atoms with van der Waals surface area (Å²) in [6.45, 7) is 5.54. The van der Waals surface area contributed by atoms with Gasteiger partial charge in [-0.2, -0.15) is 5.10 Å². The number of nitrogens with one attached hydrogen (secondary N) is 3. The first-order chi connectivity index (χ1) is 14.4. The van der Waals surface area contributed by atoms with E-state index in [4.69, 9.17) is 4.74 Å². The number of anilines is 1. The number of amides is 3. The maximum Gasteiger partial charge on any atom is 0.329 e. The lowest BCUT2D eigenvalue weighted by atomic mass is 10.2. The van der Waals surface area contributed by atoms with Crippen molar-refractivity contribution in [3.8, 4) is 5.75 Å². The quantitative estimate of drug-likeness (QED) is 0.353. The Labute approximate surface area is 175 Å². The van der Waals surface area contributed by atoms with E-state index < -0.39 is 11.8 Å². The summed E-state index contributed by atoms with van der Waals surface area (Å²) in [4.78, 5) is 35.2. The third-order valence-corrected chi connectivity index (χ3v) is 4.13. The van der Waals surface area contributed by atoms with Crippen molar-refractivity contribution in [2.45, 2.75) is 33.2 Å². The van der Waals surface area contributed by atoms with Crippen molar-refractivity contribution in [3.63, 3.8) is 0 Å². The highest BCUT2D eigenvalue weighted by Gasteiger charge is 2.14. The first-order valence-electron chi connectivity index (χ1n) is 9.60. The minimum absolute atomic E-state index is 0.0846. The van der Waals surface area contributed by atoms with E-state index in [0.29, 0.717) is 11.3 Å². The Morgan fingerprint density at radius 1 is 1.10 bits per heavy atom. The van der Waals surface area contributed by atoms with E-state index in [2.05, 4.69) is 21.2 Å². The fourth-order valence-electron chi connectivity index (χ4n) is 2.33. The van der Waals surface area contributed by atoms with E-state index >= 15 is 0 Å². The molecule has 3 N–H and O–H groups in total. The second kappa shape index (κ2) is 11.4. The summed E-state index contributed by atoms with van der Waals surface area (Å²) >= 11 is 0. The van der Waals surface area contributed by atoms with Gasteiger partial charge in [-0.15, -0.1) is 0 Å². The molecule has 8 nitrogen and oxygen atoms in total.